The summed E-state index contributed by atoms with van der Waals surface area (Å²) in [7, 11) is 1.60. The number of benzene rings is 1. The quantitative estimate of drug-likeness (QED) is 0.874. The molecule has 3 saturated carbocycles. The fourth-order valence-electron chi connectivity index (χ4n) is 4.33. The SMILES string of the molecule is COc1ccccc1CNC(=O)[C@@H]1C2CCC(CC2)[C@H]1C(=O)O. The maximum absolute atomic E-state index is 12.7. The fraction of sp³-hybridized carbons (Fsp3) is 0.556. The summed E-state index contributed by atoms with van der Waals surface area (Å²) in [5.41, 5.74) is 0.899. The van der Waals surface area contributed by atoms with Crippen LogP contribution >= 0.6 is 0 Å². The van der Waals surface area contributed by atoms with Crippen LogP contribution in [0.3, 0.4) is 0 Å². The third-order valence-electron chi connectivity index (χ3n) is 5.45. The maximum atomic E-state index is 12.7. The van der Waals surface area contributed by atoms with Gasteiger partial charge in [0.1, 0.15) is 5.75 Å². The summed E-state index contributed by atoms with van der Waals surface area (Å²) in [5, 5.41) is 12.5. The monoisotopic (exact) mass is 317 g/mol. The molecule has 4 rings (SSSR count). The molecule has 2 atom stereocenters. The second-order valence-electron chi connectivity index (χ2n) is 6.59. The zero-order valence-electron chi connectivity index (χ0n) is 13.3. The summed E-state index contributed by atoms with van der Waals surface area (Å²) in [6.45, 7) is 0.364. The van der Waals surface area contributed by atoms with E-state index in [1.54, 1.807) is 7.11 Å². The number of para-hydroxylation sites is 1. The normalized spacial score (nSPS) is 29.1. The fourth-order valence-corrected chi connectivity index (χ4v) is 4.33. The van der Waals surface area contributed by atoms with E-state index in [4.69, 9.17) is 4.74 Å². The summed E-state index contributed by atoms with van der Waals surface area (Å²) in [5.74, 6) is -0.782. The van der Waals surface area contributed by atoms with Crippen molar-refractivity contribution in [2.24, 2.45) is 23.7 Å². The molecule has 124 valence electrons. The topological polar surface area (TPSA) is 75.6 Å². The first kappa shape index (κ1) is 15.8. The van der Waals surface area contributed by atoms with Crippen LogP contribution in [0.25, 0.3) is 0 Å². The minimum atomic E-state index is -0.822. The number of carbonyl (C=O) groups is 2. The van der Waals surface area contributed by atoms with Gasteiger partial charge < -0.3 is 15.2 Å². The Morgan fingerprint density at radius 3 is 2.35 bits per heavy atom. The Kier molecular flexibility index (Phi) is 4.55. The molecule has 0 unspecified atom stereocenters. The van der Waals surface area contributed by atoms with Crippen LogP contribution in [0.5, 0.6) is 5.75 Å². The number of amides is 1. The number of hydrogen-bond donors (Lipinski definition) is 2. The highest BCUT2D eigenvalue weighted by Gasteiger charge is 2.50. The summed E-state index contributed by atoms with van der Waals surface area (Å²) < 4.78 is 5.29. The van der Waals surface area contributed by atoms with E-state index in [1.807, 2.05) is 24.3 Å². The lowest BCUT2D eigenvalue weighted by Gasteiger charge is -2.45. The number of carboxylic acids is 1. The van der Waals surface area contributed by atoms with E-state index in [0.29, 0.717) is 6.54 Å². The number of rotatable bonds is 5. The van der Waals surface area contributed by atoms with E-state index in [0.717, 1.165) is 37.0 Å². The first-order valence-corrected chi connectivity index (χ1v) is 8.24. The highest BCUT2D eigenvalue weighted by molar-refractivity contribution is 5.85. The molecule has 1 amide bonds. The molecular weight excluding hydrogens is 294 g/mol. The van der Waals surface area contributed by atoms with Crippen molar-refractivity contribution in [1.29, 1.82) is 0 Å². The second kappa shape index (κ2) is 6.60. The minimum absolute atomic E-state index is 0.127. The van der Waals surface area contributed by atoms with Gasteiger partial charge in [0, 0.05) is 12.1 Å². The highest BCUT2D eigenvalue weighted by atomic mass is 16.5. The van der Waals surface area contributed by atoms with Crippen LogP contribution in [0.1, 0.15) is 31.2 Å². The molecule has 0 aromatic heterocycles. The lowest BCUT2D eigenvalue weighted by molar-refractivity contribution is -0.158. The molecule has 3 fully saturated rings. The number of carbonyl (C=O) groups excluding carboxylic acids is 1. The van der Waals surface area contributed by atoms with Gasteiger partial charge in [-0.05, 0) is 43.6 Å². The number of aliphatic carboxylic acids is 1. The van der Waals surface area contributed by atoms with E-state index >= 15 is 0 Å². The number of ether oxygens (including phenoxy) is 1. The molecule has 5 nitrogen and oxygen atoms in total. The van der Waals surface area contributed by atoms with Gasteiger partial charge in [0.05, 0.1) is 18.9 Å². The first-order valence-electron chi connectivity index (χ1n) is 8.24. The van der Waals surface area contributed by atoms with Crippen molar-refractivity contribution in [2.75, 3.05) is 7.11 Å². The Morgan fingerprint density at radius 1 is 1.13 bits per heavy atom. The average Bonchev–Trinajstić information content (AvgIpc) is 2.59. The molecule has 3 aliphatic carbocycles. The number of nitrogens with one attached hydrogen (secondary N) is 1. The van der Waals surface area contributed by atoms with E-state index in [2.05, 4.69) is 5.32 Å². The molecule has 3 aliphatic rings. The van der Waals surface area contributed by atoms with Gasteiger partial charge in [-0.1, -0.05) is 18.2 Å². The number of methoxy groups -OCH3 is 1. The first-order chi connectivity index (χ1) is 11.1. The molecule has 0 spiro atoms. The van der Waals surface area contributed by atoms with Crippen LogP contribution < -0.4 is 10.1 Å². The Morgan fingerprint density at radius 2 is 1.74 bits per heavy atom. The second-order valence-corrected chi connectivity index (χ2v) is 6.59. The number of fused-ring (bicyclic) bond motifs is 3. The van der Waals surface area contributed by atoms with Crippen molar-refractivity contribution in [2.45, 2.75) is 32.2 Å². The zero-order valence-corrected chi connectivity index (χ0v) is 13.3. The van der Waals surface area contributed by atoms with Crippen molar-refractivity contribution in [3.8, 4) is 5.75 Å². The predicted octanol–water partition coefficient (Wildman–Crippen LogP) is 2.45. The van der Waals surface area contributed by atoms with Gasteiger partial charge in [0.2, 0.25) is 5.91 Å². The van der Waals surface area contributed by atoms with Gasteiger partial charge >= 0.3 is 5.97 Å². The maximum Gasteiger partial charge on any atom is 0.307 e. The summed E-state index contributed by atoms with van der Waals surface area (Å²) in [4.78, 5) is 24.3. The number of hydrogen-bond acceptors (Lipinski definition) is 3. The average molecular weight is 317 g/mol. The van der Waals surface area contributed by atoms with Gasteiger partial charge in [0.25, 0.3) is 0 Å². The van der Waals surface area contributed by atoms with Crippen LogP contribution in [0.15, 0.2) is 24.3 Å². The molecule has 1 aromatic carbocycles. The molecule has 0 radical (unpaired) electrons. The Bertz CT molecular complexity index is 592. The summed E-state index contributed by atoms with van der Waals surface area (Å²) in [6.07, 6.45) is 3.83. The highest BCUT2D eigenvalue weighted by Crippen LogP contribution is 2.49. The van der Waals surface area contributed by atoms with Crippen LogP contribution in [0.2, 0.25) is 0 Å². The van der Waals surface area contributed by atoms with Gasteiger partial charge in [-0.15, -0.1) is 0 Å². The smallest absolute Gasteiger partial charge is 0.307 e. The van der Waals surface area contributed by atoms with E-state index in [9.17, 15) is 14.7 Å². The molecule has 0 heterocycles. The van der Waals surface area contributed by atoms with Crippen molar-refractivity contribution in [3.05, 3.63) is 29.8 Å². The molecular formula is C18H23NO4. The van der Waals surface area contributed by atoms with E-state index < -0.39 is 17.8 Å². The molecule has 0 aliphatic heterocycles. The standard InChI is InChI=1S/C18H23NO4/c1-23-14-5-3-2-4-13(14)10-19-17(20)15-11-6-8-12(9-7-11)16(15)18(21)22/h2-5,11-12,15-16H,6-10H2,1H3,(H,19,20)(H,21,22)/t11?,12?,15-,16-/m1/s1. The Balaban J connectivity index is 1.70. The van der Waals surface area contributed by atoms with Gasteiger partial charge in [0.15, 0.2) is 0 Å². The minimum Gasteiger partial charge on any atom is -0.496 e. The van der Waals surface area contributed by atoms with Crippen LogP contribution in [-0.2, 0) is 16.1 Å². The van der Waals surface area contributed by atoms with E-state index in [1.165, 1.54) is 0 Å². The van der Waals surface area contributed by atoms with E-state index in [-0.39, 0.29) is 17.7 Å². The van der Waals surface area contributed by atoms with Crippen LogP contribution in [0.4, 0.5) is 0 Å². The lowest BCUT2D eigenvalue weighted by atomic mass is 9.58. The molecule has 23 heavy (non-hydrogen) atoms. The predicted molar refractivity (Wildman–Crippen MR) is 84.9 cm³/mol. The zero-order chi connectivity index (χ0) is 16.4. The van der Waals surface area contributed by atoms with Gasteiger partial charge in [-0.2, -0.15) is 0 Å². The number of carboxylic acid groups (broad SMARTS) is 1. The molecule has 2 N–H and O–H groups in total. The van der Waals surface area contributed by atoms with Crippen LogP contribution in [0, 0.1) is 23.7 Å². The lowest BCUT2D eigenvalue weighted by Crippen LogP contribution is -2.50. The molecule has 0 saturated heterocycles. The van der Waals surface area contributed by atoms with Crippen LogP contribution in [-0.4, -0.2) is 24.1 Å². The molecule has 5 heteroatoms. The van der Waals surface area contributed by atoms with Crippen molar-refractivity contribution in [1.82, 2.24) is 5.32 Å². The van der Waals surface area contributed by atoms with Gasteiger partial charge in [-0.3, -0.25) is 9.59 Å². The van der Waals surface area contributed by atoms with Crippen molar-refractivity contribution < 1.29 is 19.4 Å². The summed E-state index contributed by atoms with van der Waals surface area (Å²) >= 11 is 0. The van der Waals surface area contributed by atoms with Gasteiger partial charge in [-0.25, -0.2) is 0 Å². The molecule has 2 bridgehead atoms. The Hall–Kier alpha value is -2.04. The van der Waals surface area contributed by atoms with Crippen molar-refractivity contribution >= 4 is 11.9 Å². The third-order valence-corrected chi connectivity index (χ3v) is 5.45. The third kappa shape index (κ3) is 3.05. The summed E-state index contributed by atoms with van der Waals surface area (Å²) in [6, 6.07) is 7.53. The largest absolute Gasteiger partial charge is 0.496 e. The van der Waals surface area contributed by atoms with Crippen molar-refractivity contribution in [3.63, 3.8) is 0 Å². The Labute approximate surface area is 136 Å². The molecule has 1 aromatic rings.